The molecule has 2 nitrogen and oxygen atoms in total. The first-order valence-corrected chi connectivity index (χ1v) is 10.4. The Balaban J connectivity index is 1.65. The molecule has 22 heavy (non-hydrogen) atoms. The van der Waals surface area contributed by atoms with E-state index in [2.05, 4.69) is 13.8 Å². The maximum Gasteiger partial charge on any atom is 0.0788 e. The van der Waals surface area contributed by atoms with Gasteiger partial charge in [0.05, 0.1) is 52.4 Å². The van der Waals surface area contributed by atoms with Crippen LogP contribution in [0.5, 0.6) is 0 Å². The van der Waals surface area contributed by atoms with E-state index in [-0.39, 0.29) is 0 Å². The van der Waals surface area contributed by atoms with E-state index in [1.54, 1.807) is 0 Å². The maximum atomic E-state index is 2.37. The first-order valence-electron chi connectivity index (χ1n) is 10.4. The molecule has 0 aliphatic carbocycles. The summed E-state index contributed by atoms with van der Waals surface area (Å²) < 4.78 is 2.94. The Bertz CT molecular complexity index is 288. The van der Waals surface area contributed by atoms with Gasteiger partial charge in [0.1, 0.15) is 0 Å². The Kier molecular flexibility index (Phi) is 7.70. The molecule has 130 valence electrons. The van der Waals surface area contributed by atoms with Gasteiger partial charge in [-0.2, -0.15) is 0 Å². The summed E-state index contributed by atoms with van der Waals surface area (Å²) in [6.07, 6.45) is 14.6. The van der Waals surface area contributed by atoms with Gasteiger partial charge < -0.3 is 8.97 Å². The minimum atomic E-state index is 1.37. The fourth-order valence-electron chi connectivity index (χ4n) is 5.17. The molecule has 0 amide bonds. The van der Waals surface area contributed by atoms with Gasteiger partial charge in [-0.15, -0.1) is 0 Å². The Morgan fingerprint density at radius 1 is 0.500 bits per heavy atom. The molecule has 2 aliphatic rings. The highest BCUT2D eigenvalue weighted by molar-refractivity contribution is 4.58. The van der Waals surface area contributed by atoms with Gasteiger partial charge in [-0.3, -0.25) is 0 Å². The molecule has 2 heteroatoms. The summed E-state index contributed by atoms with van der Waals surface area (Å²) in [5, 5.41) is 0. The van der Waals surface area contributed by atoms with E-state index < -0.39 is 0 Å². The number of hydrogen-bond donors (Lipinski definition) is 0. The second-order valence-corrected chi connectivity index (χ2v) is 8.30. The molecule has 0 aromatic heterocycles. The van der Waals surface area contributed by atoms with Gasteiger partial charge >= 0.3 is 0 Å². The van der Waals surface area contributed by atoms with Gasteiger partial charge in [0, 0.05) is 25.7 Å². The van der Waals surface area contributed by atoms with E-state index in [1.807, 2.05) is 0 Å². The molecule has 0 spiro atoms. The highest BCUT2D eigenvalue weighted by Crippen LogP contribution is 2.24. The number of likely N-dealkylation sites (tertiary alicyclic amines) is 2. The second kappa shape index (κ2) is 9.27. The van der Waals surface area contributed by atoms with Crippen LogP contribution >= 0.6 is 0 Å². The van der Waals surface area contributed by atoms with Gasteiger partial charge in [-0.25, -0.2) is 0 Å². The van der Waals surface area contributed by atoms with E-state index in [9.17, 15) is 0 Å². The quantitative estimate of drug-likeness (QED) is 0.387. The standard InChI is InChI=1S/C20H42N2/c1-3-5-14-22(19-11-12-20-22)16-8-6-7-15-21(13-4-2)17-9-10-18-21/h3-20H2,1-2H3/q+2. The summed E-state index contributed by atoms with van der Waals surface area (Å²) >= 11 is 0. The molecule has 0 N–H and O–H groups in total. The molecule has 2 saturated heterocycles. The van der Waals surface area contributed by atoms with Crippen LogP contribution in [0.15, 0.2) is 0 Å². The highest BCUT2D eigenvalue weighted by Gasteiger charge is 2.32. The molecule has 2 aliphatic heterocycles. The van der Waals surface area contributed by atoms with Crippen molar-refractivity contribution >= 4 is 0 Å². The molecule has 0 radical (unpaired) electrons. The molecule has 2 fully saturated rings. The molecule has 0 bridgehead atoms. The summed E-state index contributed by atoms with van der Waals surface area (Å²) in [5.74, 6) is 0. The van der Waals surface area contributed by atoms with Crippen LogP contribution in [-0.2, 0) is 0 Å². The minimum absolute atomic E-state index is 1.37. The van der Waals surface area contributed by atoms with Crippen LogP contribution in [-0.4, -0.2) is 61.3 Å². The monoisotopic (exact) mass is 310 g/mol. The Morgan fingerprint density at radius 2 is 0.955 bits per heavy atom. The van der Waals surface area contributed by atoms with Crippen LogP contribution in [0.4, 0.5) is 0 Å². The fraction of sp³-hybridized carbons (Fsp3) is 1.00. The van der Waals surface area contributed by atoms with E-state index in [4.69, 9.17) is 0 Å². The zero-order valence-electron chi connectivity index (χ0n) is 15.6. The smallest absolute Gasteiger partial charge is 0.0788 e. The van der Waals surface area contributed by atoms with E-state index >= 15 is 0 Å². The first-order chi connectivity index (χ1) is 10.7. The third-order valence-electron chi connectivity index (χ3n) is 6.48. The SMILES string of the molecule is CCCC[N+]1(CCCCC[N+]2(CCC)CCCC2)CCCC1. The first kappa shape index (κ1) is 18.3. The van der Waals surface area contributed by atoms with Crippen LogP contribution in [0.25, 0.3) is 0 Å². The summed E-state index contributed by atoms with van der Waals surface area (Å²) in [4.78, 5) is 0. The Labute approximate surface area is 140 Å². The van der Waals surface area contributed by atoms with Crippen molar-refractivity contribution in [1.29, 1.82) is 0 Å². The molecule has 0 aromatic carbocycles. The lowest BCUT2D eigenvalue weighted by Crippen LogP contribution is -2.47. The van der Waals surface area contributed by atoms with Crippen molar-refractivity contribution in [2.75, 3.05) is 52.4 Å². The topological polar surface area (TPSA) is 0 Å². The van der Waals surface area contributed by atoms with E-state index in [1.165, 1.54) is 126 Å². The molecule has 0 aromatic rings. The van der Waals surface area contributed by atoms with Crippen molar-refractivity contribution in [2.24, 2.45) is 0 Å². The minimum Gasteiger partial charge on any atom is -0.324 e. The third kappa shape index (κ3) is 5.23. The van der Waals surface area contributed by atoms with Gasteiger partial charge in [0.2, 0.25) is 0 Å². The lowest BCUT2D eigenvalue weighted by atomic mass is 10.1. The zero-order chi connectivity index (χ0) is 15.7. The van der Waals surface area contributed by atoms with E-state index in [0.29, 0.717) is 0 Å². The molecule has 2 rings (SSSR count). The summed E-state index contributed by atoms with van der Waals surface area (Å²) in [6, 6.07) is 0. The molecule has 2 heterocycles. The predicted octanol–water partition coefficient (Wildman–Crippen LogP) is 4.59. The van der Waals surface area contributed by atoms with Crippen molar-refractivity contribution < 1.29 is 8.97 Å². The summed E-state index contributed by atoms with van der Waals surface area (Å²) in [7, 11) is 0. The summed E-state index contributed by atoms with van der Waals surface area (Å²) in [6.45, 7) is 16.5. The van der Waals surface area contributed by atoms with Crippen LogP contribution in [0.1, 0.15) is 78.1 Å². The van der Waals surface area contributed by atoms with E-state index in [0.717, 1.165) is 0 Å². The predicted molar refractivity (Wildman–Crippen MR) is 97.0 cm³/mol. The molecular formula is C20H42N2+2. The van der Waals surface area contributed by atoms with Crippen molar-refractivity contribution in [3.05, 3.63) is 0 Å². The number of unbranched alkanes of at least 4 members (excludes halogenated alkanes) is 3. The van der Waals surface area contributed by atoms with Gasteiger partial charge in [0.25, 0.3) is 0 Å². The maximum absolute atomic E-state index is 2.37. The third-order valence-corrected chi connectivity index (χ3v) is 6.48. The number of nitrogens with zero attached hydrogens (tertiary/aromatic N) is 2. The Hall–Kier alpha value is -0.0800. The van der Waals surface area contributed by atoms with Crippen molar-refractivity contribution in [3.63, 3.8) is 0 Å². The molecular weight excluding hydrogens is 268 g/mol. The summed E-state index contributed by atoms with van der Waals surface area (Å²) in [5.41, 5.74) is 0. The fourth-order valence-corrected chi connectivity index (χ4v) is 5.17. The van der Waals surface area contributed by atoms with Crippen LogP contribution in [0.3, 0.4) is 0 Å². The average Bonchev–Trinajstić information content (AvgIpc) is 3.16. The van der Waals surface area contributed by atoms with Gasteiger partial charge in [0.15, 0.2) is 0 Å². The van der Waals surface area contributed by atoms with Crippen molar-refractivity contribution in [3.8, 4) is 0 Å². The number of quaternary nitrogens is 2. The van der Waals surface area contributed by atoms with Crippen LogP contribution in [0, 0.1) is 0 Å². The lowest BCUT2D eigenvalue weighted by Gasteiger charge is -2.35. The molecule has 0 saturated carbocycles. The lowest BCUT2D eigenvalue weighted by molar-refractivity contribution is -0.919. The highest BCUT2D eigenvalue weighted by atomic mass is 15.4. The van der Waals surface area contributed by atoms with Crippen molar-refractivity contribution in [2.45, 2.75) is 78.1 Å². The molecule has 0 unspecified atom stereocenters. The second-order valence-electron chi connectivity index (χ2n) is 8.30. The average molecular weight is 311 g/mol. The Morgan fingerprint density at radius 3 is 1.41 bits per heavy atom. The number of hydrogen-bond acceptors (Lipinski definition) is 0. The normalized spacial score (nSPS) is 23.2. The largest absolute Gasteiger partial charge is 0.324 e. The molecule has 0 atom stereocenters. The van der Waals surface area contributed by atoms with Crippen LogP contribution < -0.4 is 0 Å². The van der Waals surface area contributed by atoms with Crippen LogP contribution in [0.2, 0.25) is 0 Å². The number of rotatable bonds is 11. The van der Waals surface area contributed by atoms with Crippen molar-refractivity contribution in [1.82, 2.24) is 0 Å². The van der Waals surface area contributed by atoms with Gasteiger partial charge in [-0.05, 0) is 32.1 Å². The zero-order valence-corrected chi connectivity index (χ0v) is 15.6. The van der Waals surface area contributed by atoms with Gasteiger partial charge in [-0.1, -0.05) is 20.3 Å².